The summed E-state index contributed by atoms with van der Waals surface area (Å²) in [6.45, 7) is 8.30. The number of nitrogens with one attached hydrogen (secondary N) is 1. The van der Waals surface area contributed by atoms with E-state index < -0.39 is 0 Å². The van der Waals surface area contributed by atoms with Gasteiger partial charge in [0.05, 0.1) is 6.61 Å². The molecule has 0 radical (unpaired) electrons. The molecule has 0 spiro atoms. The molecule has 2 N–H and O–H groups in total. The van der Waals surface area contributed by atoms with Crippen molar-refractivity contribution in [2.24, 2.45) is 0 Å². The third-order valence-electron chi connectivity index (χ3n) is 4.34. The fraction of sp³-hybridized carbons (Fsp3) is 0.444. The van der Waals surface area contributed by atoms with Crippen molar-refractivity contribution in [1.82, 2.24) is 9.97 Å². The van der Waals surface area contributed by atoms with Gasteiger partial charge in [-0.15, -0.1) is 0 Å². The van der Waals surface area contributed by atoms with Gasteiger partial charge in [0.25, 0.3) is 0 Å². The van der Waals surface area contributed by atoms with Gasteiger partial charge in [0, 0.05) is 30.6 Å². The van der Waals surface area contributed by atoms with Crippen molar-refractivity contribution in [3.05, 3.63) is 47.8 Å². The summed E-state index contributed by atoms with van der Waals surface area (Å²) in [5.41, 5.74) is 2.84. The molecule has 0 unspecified atom stereocenters. The Hall–Kier alpha value is -2.14. The van der Waals surface area contributed by atoms with Crippen LogP contribution in [-0.2, 0) is 12.0 Å². The molecule has 0 bridgehead atoms. The molecule has 0 saturated carbocycles. The number of nitrogens with zero attached hydrogens (tertiary/aromatic N) is 3. The number of fused-ring (bicyclic) bond motifs is 1. The van der Waals surface area contributed by atoms with E-state index in [1.807, 2.05) is 13.0 Å². The van der Waals surface area contributed by atoms with Crippen LogP contribution in [0, 0.1) is 0 Å². The SMILES string of the molecule is C[C@H](CO)Nc1cc(N2Cc3ccccc3C(C)(C)C2)ncn1. The van der Waals surface area contributed by atoms with Crippen LogP contribution in [0.1, 0.15) is 31.9 Å². The van der Waals surface area contributed by atoms with E-state index in [0.717, 1.165) is 24.7 Å². The molecule has 1 aromatic heterocycles. The predicted octanol–water partition coefficient (Wildman–Crippen LogP) is 2.57. The number of benzene rings is 1. The summed E-state index contributed by atoms with van der Waals surface area (Å²) in [4.78, 5) is 11.0. The lowest BCUT2D eigenvalue weighted by atomic mass is 9.78. The van der Waals surface area contributed by atoms with Gasteiger partial charge in [-0.2, -0.15) is 0 Å². The highest BCUT2D eigenvalue weighted by Crippen LogP contribution is 2.35. The van der Waals surface area contributed by atoms with Gasteiger partial charge in [0.1, 0.15) is 18.0 Å². The molecular formula is C18H24N4O. The van der Waals surface area contributed by atoms with Crippen LogP contribution in [0.25, 0.3) is 0 Å². The summed E-state index contributed by atoms with van der Waals surface area (Å²) < 4.78 is 0. The molecule has 5 heteroatoms. The van der Waals surface area contributed by atoms with Gasteiger partial charge >= 0.3 is 0 Å². The Bertz CT molecular complexity index is 686. The Morgan fingerprint density at radius 1 is 1.30 bits per heavy atom. The molecule has 0 saturated heterocycles. The average molecular weight is 312 g/mol. The predicted molar refractivity (Wildman–Crippen MR) is 92.7 cm³/mol. The van der Waals surface area contributed by atoms with E-state index in [9.17, 15) is 5.11 Å². The number of hydrogen-bond donors (Lipinski definition) is 2. The summed E-state index contributed by atoms with van der Waals surface area (Å²) >= 11 is 0. The molecule has 5 nitrogen and oxygen atoms in total. The van der Waals surface area contributed by atoms with Gasteiger partial charge in [-0.05, 0) is 18.1 Å². The summed E-state index contributed by atoms with van der Waals surface area (Å²) in [5.74, 6) is 1.66. The standard InChI is InChI=1S/C18H24N4O/c1-13(10-23)21-16-8-17(20-12-19-16)22-9-14-6-4-5-7-15(14)18(2,3)11-22/h4-8,12-13,23H,9-11H2,1-3H3,(H,19,20,21)/t13-/m1/s1. The Morgan fingerprint density at radius 3 is 2.87 bits per heavy atom. The summed E-state index contributed by atoms with van der Waals surface area (Å²) in [5, 5.41) is 12.4. The second kappa shape index (κ2) is 6.16. The fourth-order valence-corrected chi connectivity index (χ4v) is 3.20. The van der Waals surface area contributed by atoms with E-state index >= 15 is 0 Å². The van der Waals surface area contributed by atoms with E-state index in [1.54, 1.807) is 6.33 Å². The average Bonchev–Trinajstić information content (AvgIpc) is 2.54. The van der Waals surface area contributed by atoms with E-state index in [4.69, 9.17) is 0 Å². The van der Waals surface area contributed by atoms with E-state index in [2.05, 4.69) is 58.3 Å². The van der Waals surface area contributed by atoms with Crippen LogP contribution >= 0.6 is 0 Å². The number of aliphatic hydroxyl groups excluding tert-OH is 1. The summed E-state index contributed by atoms with van der Waals surface area (Å²) in [7, 11) is 0. The maximum atomic E-state index is 9.18. The van der Waals surface area contributed by atoms with Gasteiger partial charge in [-0.25, -0.2) is 9.97 Å². The van der Waals surface area contributed by atoms with Gasteiger partial charge < -0.3 is 15.3 Å². The van der Waals surface area contributed by atoms with Crippen LogP contribution in [0.5, 0.6) is 0 Å². The van der Waals surface area contributed by atoms with Crippen molar-refractivity contribution in [2.45, 2.75) is 38.8 Å². The molecular weight excluding hydrogens is 288 g/mol. The number of aromatic nitrogens is 2. The van der Waals surface area contributed by atoms with E-state index in [-0.39, 0.29) is 18.1 Å². The second-order valence-electron chi connectivity index (χ2n) is 6.89. The van der Waals surface area contributed by atoms with Crippen LogP contribution in [0.4, 0.5) is 11.6 Å². The summed E-state index contributed by atoms with van der Waals surface area (Å²) in [6.07, 6.45) is 1.58. The second-order valence-corrected chi connectivity index (χ2v) is 6.89. The molecule has 122 valence electrons. The lowest BCUT2D eigenvalue weighted by Gasteiger charge is -2.40. The first kappa shape index (κ1) is 15.7. The first-order valence-corrected chi connectivity index (χ1v) is 8.02. The Morgan fingerprint density at radius 2 is 2.09 bits per heavy atom. The van der Waals surface area contributed by atoms with E-state index in [1.165, 1.54) is 11.1 Å². The van der Waals surface area contributed by atoms with Crippen molar-refractivity contribution >= 4 is 11.6 Å². The Balaban J connectivity index is 1.87. The minimum absolute atomic E-state index is 0.0312. The zero-order valence-electron chi connectivity index (χ0n) is 14.0. The third-order valence-corrected chi connectivity index (χ3v) is 4.34. The number of hydrogen-bond acceptors (Lipinski definition) is 5. The van der Waals surface area contributed by atoms with Crippen molar-refractivity contribution in [2.75, 3.05) is 23.4 Å². The molecule has 1 aromatic carbocycles. The number of anilines is 2. The van der Waals surface area contributed by atoms with Crippen molar-refractivity contribution < 1.29 is 5.11 Å². The van der Waals surface area contributed by atoms with Crippen LogP contribution in [-0.4, -0.2) is 34.3 Å². The van der Waals surface area contributed by atoms with Crippen LogP contribution in [0.3, 0.4) is 0 Å². The van der Waals surface area contributed by atoms with Crippen LogP contribution in [0.2, 0.25) is 0 Å². The van der Waals surface area contributed by atoms with Gasteiger partial charge in [0.15, 0.2) is 0 Å². The van der Waals surface area contributed by atoms with Gasteiger partial charge in [-0.3, -0.25) is 0 Å². The molecule has 1 atom stereocenters. The number of aliphatic hydroxyl groups is 1. The fourth-order valence-electron chi connectivity index (χ4n) is 3.20. The minimum Gasteiger partial charge on any atom is -0.394 e. The summed E-state index contributed by atoms with van der Waals surface area (Å²) in [6, 6.07) is 10.5. The van der Waals surface area contributed by atoms with Crippen molar-refractivity contribution in [3.63, 3.8) is 0 Å². The topological polar surface area (TPSA) is 61.3 Å². The molecule has 1 aliphatic heterocycles. The largest absolute Gasteiger partial charge is 0.394 e. The molecule has 23 heavy (non-hydrogen) atoms. The number of rotatable bonds is 4. The molecule has 0 fully saturated rings. The highest BCUT2D eigenvalue weighted by Gasteiger charge is 2.32. The molecule has 0 aliphatic carbocycles. The van der Waals surface area contributed by atoms with E-state index in [0.29, 0.717) is 0 Å². The normalized spacial score (nSPS) is 17.5. The minimum atomic E-state index is -0.0312. The zero-order chi connectivity index (χ0) is 16.4. The lowest BCUT2D eigenvalue weighted by molar-refractivity contribution is 0.281. The van der Waals surface area contributed by atoms with Gasteiger partial charge in [0.2, 0.25) is 0 Å². The lowest BCUT2D eigenvalue weighted by Crippen LogP contribution is -2.42. The molecule has 2 heterocycles. The maximum Gasteiger partial charge on any atom is 0.134 e. The zero-order valence-corrected chi connectivity index (χ0v) is 14.0. The molecule has 1 aliphatic rings. The molecule has 0 amide bonds. The molecule has 3 rings (SSSR count). The van der Waals surface area contributed by atoms with Gasteiger partial charge in [-0.1, -0.05) is 38.1 Å². The first-order chi connectivity index (χ1) is 11.0. The first-order valence-electron chi connectivity index (χ1n) is 8.02. The Kier molecular flexibility index (Phi) is 4.22. The highest BCUT2D eigenvalue weighted by atomic mass is 16.3. The maximum absolute atomic E-state index is 9.18. The van der Waals surface area contributed by atoms with Crippen LogP contribution in [0.15, 0.2) is 36.7 Å². The quantitative estimate of drug-likeness (QED) is 0.908. The van der Waals surface area contributed by atoms with Crippen molar-refractivity contribution in [1.29, 1.82) is 0 Å². The van der Waals surface area contributed by atoms with Crippen molar-refractivity contribution in [3.8, 4) is 0 Å². The Labute approximate surface area is 137 Å². The molecule has 2 aromatic rings. The monoisotopic (exact) mass is 312 g/mol. The smallest absolute Gasteiger partial charge is 0.134 e. The van der Waals surface area contributed by atoms with Crippen LogP contribution < -0.4 is 10.2 Å². The highest BCUT2D eigenvalue weighted by molar-refractivity contribution is 5.52. The third kappa shape index (κ3) is 3.29.